The van der Waals surface area contributed by atoms with E-state index in [0.717, 1.165) is 11.1 Å². The fourth-order valence-electron chi connectivity index (χ4n) is 4.89. The van der Waals surface area contributed by atoms with Crippen molar-refractivity contribution in [2.75, 3.05) is 0 Å². The van der Waals surface area contributed by atoms with E-state index in [2.05, 4.69) is 62.0 Å². The normalized spacial score (nSPS) is 24.4. The highest BCUT2D eigenvalue weighted by Crippen LogP contribution is 2.48. The van der Waals surface area contributed by atoms with Crippen LogP contribution in [0.3, 0.4) is 0 Å². The standard InChI is InChI=1S/C22H32Si/c1-3-4-12-19-13-11-18-22(19)23(2,20-14-7-5-8-15-20)21-16-9-6-10-17-21/h5,7-8,11,13-15,18,21-22H,3-4,6,9-10,12,16-17H2,1-2H3. The van der Waals surface area contributed by atoms with Crippen LogP contribution in [0.4, 0.5) is 0 Å². The second-order valence-corrected chi connectivity index (χ2v) is 12.3. The van der Waals surface area contributed by atoms with Crippen LogP contribution in [0.15, 0.2) is 54.1 Å². The summed E-state index contributed by atoms with van der Waals surface area (Å²) in [4.78, 5) is 0. The van der Waals surface area contributed by atoms with Crippen molar-refractivity contribution in [2.24, 2.45) is 0 Å². The van der Waals surface area contributed by atoms with Crippen LogP contribution >= 0.6 is 0 Å². The highest BCUT2D eigenvalue weighted by Gasteiger charge is 2.45. The average molecular weight is 325 g/mol. The van der Waals surface area contributed by atoms with E-state index in [0.29, 0.717) is 0 Å². The Hall–Kier alpha value is -1.08. The molecule has 0 aromatic heterocycles. The number of hydrogen-bond acceptors (Lipinski definition) is 0. The monoisotopic (exact) mass is 324 g/mol. The van der Waals surface area contributed by atoms with Gasteiger partial charge in [0.05, 0.1) is 8.07 Å². The Bertz CT molecular complexity index is 551. The van der Waals surface area contributed by atoms with Crippen LogP contribution in [0.5, 0.6) is 0 Å². The maximum Gasteiger partial charge on any atom is 0.0974 e. The van der Waals surface area contributed by atoms with E-state index in [9.17, 15) is 0 Å². The molecule has 0 spiro atoms. The summed E-state index contributed by atoms with van der Waals surface area (Å²) < 4.78 is 0. The summed E-state index contributed by atoms with van der Waals surface area (Å²) in [5, 5.41) is 1.69. The van der Waals surface area contributed by atoms with Gasteiger partial charge in [0.15, 0.2) is 0 Å². The van der Waals surface area contributed by atoms with Crippen molar-refractivity contribution in [1.82, 2.24) is 0 Å². The first-order chi connectivity index (χ1) is 11.3. The fraction of sp³-hybridized carbons (Fsp3) is 0.545. The minimum Gasteiger partial charge on any atom is -0.0797 e. The molecule has 1 aromatic rings. The summed E-state index contributed by atoms with van der Waals surface area (Å²) in [6, 6.07) is 11.6. The predicted octanol–water partition coefficient (Wildman–Crippen LogP) is 6.36. The van der Waals surface area contributed by atoms with E-state index in [1.54, 1.807) is 10.8 Å². The van der Waals surface area contributed by atoms with E-state index in [-0.39, 0.29) is 0 Å². The quantitative estimate of drug-likeness (QED) is 0.534. The molecule has 0 bridgehead atoms. The van der Waals surface area contributed by atoms with Gasteiger partial charge < -0.3 is 0 Å². The molecule has 0 heterocycles. The Morgan fingerprint density at radius 1 is 1.04 bits per heavy atom. The summed E-state index contributed by atoms with van der Waals surface area (Å²) in [5.74, 6) is 0. The molecule has 0 saturated heterocycles. The first kappa shape index (κ1) is 16.8. The van der Waals surface area contributed by atoms with Crippen molar-refractivity contribution >= 4 is 13.3 Å². The second kappa shape index (κ2) is 7.66. The summed E-state index contributed by atoms with van der Waals surface area (Å²) >= 11 is 0. The number of unbranched alkanes of at least 4 members (excludes halogenated alkanes) is 1. The van der Waals surface area contributed by atoms with Gasteiger partial charge in [0.25, 0.3) is 0 Å². The Morgan fingerprint density at radius 3 is 2.48 bits per heavy atom. The Kier molecular flexibility index (Phi) is 5.58. The molecule has 0 N–H and O–H groups in total. The zero-order valence-electron chi connectivity index (χ0n) is 14.9. The zero-order chi connectivity index (χ0) is 16.1. The molecule has 1 heteroatoms. The van der Waals surface area contributed by atoms with Crippen LogP contribution in [0.1, 0.15) is 58.3 Å². The van der Waals surface area contributed by atoms with Gasteiger partial charge in [-0.2, -0.15) is 0 Å². The van der Waals surface area contributed by atoms with Gasteiger partial charge in [-0.15, -0.1) is 0 Å². The SMILES string of the molecule is CCCCC1=CC=CC1[Si](C)(c1ccccc1)C1CCCCC1. The molecule has 2 aliphatic rings. The lowest BCUT2D eigenvalue weighted by Gasteiger charge is -2.43. The van der Waals surface area contributed by atoms with Gasteiger partial charge in [-0.05, 0) is 23.9 Å². The van der Waals surface area contributed by atoms with Gasteiger partial charge in [0, 0.05) is 0 Å². The molecule has 1 fully saturated rings. The molecule has 2 atom stereocenters. The predicted molar refractivity (Wildman–Crippen MR) is 105 cm³/mol. The van der Waals surface area contributed by atoms with Crippen LogP contribution in [0.2, 0.25) is 17.6 Å². The highest BCUT2D eigenvalue weighted by molar-refractivity contribution is 6.94. The molecule has 0 radical (unpaired) electrons. The van der Waals surface area contributed by atoms with E-state index in [4.69, 9.17) is 0 Å². The van der Waals surface area contributed by atoms with Crippen LogP contribution < -0.4 is 5.19 Å². The van der Waals surface area contributed by atoms with Crippen molar-refractivity contribution in [2.45, 2.75) is 75.9 Å². The third-order valence-electron chi connectivity index (χ3n) is 6.33. The molecule has 0 amide bonds. The zero-order valence-corrected chi connectivity index (χ0v) is 15.9. The van der Waals surface area contributed by atoms with Gasteiger partial charge in [0.1, 0.15) is 0 Å². The van der Waals surface area contributed by atoms with Crippen LogP contribution in [-0.4, -0.2) is 8.07 Å². The van der Waals surface area contributed by atoms with Crippen molar-refractivity contribution in [3.8, 4) is 0 Å². The van der Waals surface area contributed by atoms with Crippen LogP contribution in [0.25, 0.3) is 0 Å². The molecule has 1 aromatic carbocycles. The minimum absolute atomic E-state index is 0.736. The van der Waals surface area contributed by atoms with Crippen molar-refractivity contribution in [3.63, 3.8) is 0 Å². The van der Waals surface area contributed by atoms with Gasteiger partial charge in [0.2, 0.25) is 0 Å². The lowest BCUT2D eigenvalue weighted by atomic mass is 10.0. The highest BCUT2D eigenvalue weighted by atomic mass is 28.3. The van der Waals surface area contributed by atoms with Gasteiger partial charge in [-0.1, -0.05) is 111 Å². The van der Waals surface area contributed by atoms with Crippen molar-refractivity contribution < 1.29 is 0 Å². The average Bonchev–Trinajstić information content (AvgIpc) is 3.10. The first-order valence-electron chi connectivity index (χ1n) is 9.69. The Balaban J connectivity index is 1.95. The summed E-state index contributed by atoms with van der Waals surface area (Å²) in [6.07, 6.45) is 18.6. The number of rotatable bonds is 6. The molecule has 2 aliphatic carbocycles. The van der Waals surface area contributed by atoms with Gasteiger partial charge in [-0.25, -0.2) is 0 Å². The molecule has 0 aliphatic heterocycles. The summed E-state index contributed by atoms with van der Waals surface area (Å²) in [5.41, 5.74) is 3.42. The third kappa shape index (κ3) is 3.40. The van der Waals surface area contributed by atoms with Crippen LogP contribution in [0, 0.1) is 0 Å². The van der Waals surface area contributed by atoms with Crippen molar-refractivity contribution in [3.05, 3.63) is 54.1 Å². The molecular formula is C22H32Si. The van der Waals surface area contributed by atoms with E-state index >= 15 is 0 Å². The Morgan fingerprint density at radius 2 is 1.78 bits per heavy atom. The third-order valence-corrected chi connectivity index (χ3v) is 12.0. The lowest BCUT2D eigenvalue weighted by Crippen LogP contribution is -2.53. The molecule has 0 nitrogen and oxygen atoms in total. The maximum atomic E-state index is 2.69. The minimum atomic E-state index is -1.56. The maximum absolute atomic E-state index is 2.69. The smallest absolute Gasteiger partial charge is 0.0797 e. The molecule has 2 unspecified atom stereocenters. The summed E-state index contributed by atoms with van der Waals surface area (Å²) in [6.45, 7) is 5.01. The van der Waals surface area contributed by atoms with E-state index in [1.165, 1.54) is 51.4 Å². The first-order valence-corrected chi connectivity index (χ1v) is 12.3. The second-order valence-electron chi connectivity index (χ2n) is 7.69. The topological polar surface area (TPSA) is 0 Å². The fourth-order valence-corrected chi connectivity index (χ4v) is 10.3. The molecule has 1 saturated carbocycles. The molecule has 124 valence electrons. The Labute approximate surface area is 143 Å². The molecular weight excluding hydrogens is 292 g/mol. The van der Waals surface area contributed by atoms with E-state index < -0.39 is 8.07 Å². The summed E-state index contributed by atoms with van der Waals surface area (Å²) in [7, 11) is -1.56. The van der Waals surface area contributed by atoms with Crippen LogP contribution in [-0.2, 0) is 0 Å². The molecule has 3 rings (SSSR count). The number of hydrogen-bond donors (Lipinski definition) is 0. The van der Waals surface area contributed by atoms with Gasteiger partial charge >= 0.3 is 0 Å². The lowest BCUT2D eigenvalue weighted by molar-refractivity contribution is 0.491. The van der Waals surface area contributed by atoms with E-state index in [1.807, 2.05) is 0 Å². The number of benzene rings is 1. The molecule has 23 heavy (non-hydrogen) atoms. The largest absolute Gasteiger partial charge is 0.0974 e. The van der Waals surface area contributed by atoms with Gasteiger partial charge in [-0.3, -0.25) is 0 Å². The number of allylic oxidation sites excluding steroid dienone is 4. The van der Waals surface area contributed by atoms with Crippen molar-refractivity contribution in [1.29, 1.82) is 0 Å².